The number of nitrogens with two attached hydrogens (primary N) is 1. The number of likely N-dealkylation sites (N-methyl/N-ethyl adjacent to an activating group) is 1. The maximum atomic E-state index is 5.80. The van der Waals surface area contributed by atoms with Gasteiger partial charge in [0.25, 0.3) is 0 Å². The average Bonchev–Trinajstić information content (AvgIpc) is 2.63. The van der Waals surface area contributed by atoms with E-state index in [0.29, 0.717) is 17.8 Å². The lowest BCUT2D eigenvalue weighted by atomic mass is 10.2. The molecule has 2 heterocycles. The summed E-state index contributed by atoms with van der Waals surface area (Å²) in [5.74, 6) is 2.49. The largest absolute Gasteiger partial charge is 0.384 e. The topological polar surface area (TPSA) is 67.1 Å². The van der Waals surface area contributed by atoms with Crippen LogP contribution in [-0.2, 0) is 0 Å². The highest BCUT2D eigenvalue weighted by Gasteiger charge is 2.19. The summed E-state index contributed by atoms with van der Waals surface area (Å²) in [6.45, 7) is 6.33. The van der Waals surface area contributed by atoms with E-state index in [1.807, 2.05) is 6.07 Å². The average molecular weight is 235 g/mol. The van der Waals surface area contributed by atoms with Crippen LogP contribution in [-0.4, -0.2) is 41.0 Å². The number of hydrogen-bond donors (Lipinski definition) is 2. The molecule has 0 saturated carbocycles. The summed E-state index contributed by atoms with van der Waals surface area (Å²) in [6, 6.07) is 2.28. The summed E-state index contributed by atoms with van der Waals surface area (Å²) in [4.78, 5) is 11.1. The van der Waals surface area contributed by atoms with E-state index >= 15 is 0 Å². The second-order valence-electron chi connectivity index (χ2n) is 5.08. The molecule has 5 heteroatoms. The predicted molar refractivity (Wildman–Crippen MR) is 70.1 cm³/mol. The third kappa shape index (κ3) is 3.06. The summed E-state index contributed by atoms with van der Waals surface area (Å²) in [5, 5.41) is 3.43. The molecule has 3 N–H and O–H groups in total. The van der Waals surface area contributed by atoms with Crippen molar-refractivity contribution >= 4 is 11.6 Å². The molecule has 1 aromatic rings. The first-order chi connectivity index (χ1) is 8.04. The lowest BCUT2D eigenvalue weighted by molar-refractivity contribution is 0.414. The first-order valence-corrected chi connectivity index (χ1v) is 6.14. The van der Waals surface area contributed by atoms with Crippen LogP contribution in [0.25, 0.3) is 0 Å². The highest BCUT2D eigenvalue weighted by Crippen LogP contribution is 2.18. The van der Waals surface area contributed by atoms with Gasteiger partial charge in [-0.25, -0.2) is 9.97 Å². The van der Waals surface area contributed by atoms with Crippen LogP contribution in [0, 0.1) is 0 Å². The second kappa shape index (κ2) is 4.87. The normalized spacial score (nSPS) is 21.1. The van der Waals surface area contributed by atoms with Crippen molar-refractivity contribution in [3.63, 3.8) is 0 Å². The van der Waals surface area contributed by atoms with Gasteiger partial charge in [-0.05, 0) is 20.0 Å². The highest BCUT2D eigenvalue weighted by atomic mass is 15.2. The Hall–Kier alpha value is -1.36. The zero-order chi connectivity index (χ0) is 12.4. The van der Waals surface area contributed by atoms with E-state index in [0.717, 1.165) is 31.2 Å². The summed E-state index contributed by atoms with van der Waals surface area (Å²) in [7, 11) is 2.13. The Kier molecular flexibility index (Phi) is 3.47. The zero-order valence-electron chi connectivity index (χ0n) is 10.8. The quantitative estimate of drug-likeness (QED) is 0.826. The van der Waals surface area contributed by atoms with Crippen molar-refractivity contribution in [2.45, 2.75) is 32.2 Å². The van der Waals surface area contributed by atoms with Crippen molar-refractivity contribution < 1.29 is 0 Å². The van der Waals surface area contributed by atoms with E-state index in [9.17, 15) is 0 Å². The lowest BCUT2D eigenvalue weighted by Crippen LogP contribution is -2.24. The minimum atomic E-state index is 0.297. The first-order valence-electron chi connectivity index (χ1n) is 6.14. The molecule has 1 atom stereocenters. The van der Waals surface area contributed by atoms with Crippen molar-refractivity contribution in [3.8, 4) is 0 Å². The number of rotatable bonds is 3. The van der Waals surface area contributed by atoms with Crippen LogP contribution < -0.4 is 11.1 Å². The van der Waals surface area contributed by atoms with Crippen LogP contribution >= 0.6 is 0 Å². The van der Waals surface area contributed by atoms with Gasteiger partial charge in [0.15, 0.2) is 0 Å². The monoisotopic (exact) mass is 235 g/mol. The summed E-state index contributed by atoms with van der Waals surface area (Å²) in [6.07, 6.45) is 1.15. The van der Waals surface area contributed by atoms with Gasteiger partial charge in [0, 0.05) is 24.6 Å². The number of nitrogens with zero attached hydrogens (tertiary/aromatic N) is 3. The maximum Gasteiger partial charge on any atom is 0.135 e. The van der Waals surface area contributed by atoms with E-state index in [4.69, 9.17) is 5.73 Å². The zero-order valence-corrected chi connectivity index (χ0v) is 10.8. The molecule has 1 aliphatic heterocycles. The van der Waals surface area contributed by atoms with Crippen molar-refractivity contribution in [1.82, 2.24) is 14.9 Å². The van der Waals surface area contributed by atoms with Crippen LogP contribution in [0.5, 0.6) is 0 Å². The molecule has 94 valence electrons. The first kappa shape index (κ1) is 12.1. The number of nitrogen functional groups attached to an aromatic ring is 1. The van der Waals surface area contributed by atoms with E-state index in [1.54, 1.807) is 0 Å². The number of hydrogen-bond acceptors (Lipinski definition) is 5. The summed E-state index contributed by atoms with van der Waals surface area (Å²) >= 11 is 0. The van der Waals surface area contributed by atoms with Crippen LogP contribution in [0.3, 0.4) is 0 Å². The standard InChI is InChI=1S/C12H21N5/c1-8(2)12-15-10(13)6-11(16-12)14-9-4-5-17(3)7-9/h6,8-9H,4-5,7H2,1-3H3,(H3,13,14,15,16). The van der Waals surface area contributed by atoms with Crippen LogP contribution in [0.1, 0.15) is 32.0 Å². The molecule has 17 heavy (non-hydrogen) atoms. The smallest absolute Gasteiger partial charge is 0.135 e. The Morgan fingerprint density at radius 2 is 2.24 bits per heavy atom. The number of likely N-dealkylation sites (tertiary alicyclic amines) is 1. The molecule has 1 unspecified atom stereocenters. The lowest BCUT2D eigenvalue weighted by Gasteiger charge is -2.15. The van der Waals surface area contributed by atoms with Crippen molar-refractivity contribution in [2.24, 2.45) is 0 Å². The third-order valence-electron chi connectivity index (χ3n) is 3.02. The molecular formula is C12H21N5. The van der Waals surface area contributed by atoms with Gasteiger partial charge >= 0.3 is 0 Å². The van der Waals surface area contributed by atoms with Crippen molar-refractivity contribution in [3.05, 3.63) is 11.9 Å². The van der Waals surface area contributed by atoms with Crippen LogP contribution in [0.2, 0.25) is 0 Å². The molecule has 0 bridgehead atoms. The van der Waals surface area contributed by atoms with Crippen molar-refractivity contribution in [2.75, 3.05) is 31.2 Å². The molecule has 5 nitrogen and oxygen atoms in total. The Labute approximate surface area is 102 Å². The molecule has 1 aliphatic rings. The molecule has 0 aromatic carbocycles. The van der Waals surface area contributed by atoms with E-state index in [-0.39, 0.29) is 0 Å². The Balaban J connectivity index is 2.10. The summed E-state index contributed by atoms with van der Waals surface area (Å²) < 4.78 is 0. The Bertz CT molecular complexity index is 390. The van der Waals surface area contributed by atoms with Crippen LogP contribution in [0.4, 0.5) is 11.6 Å². The van der Waals surface area contributed by atoms with Gasteiger partial charge in [-0.3, -0.25) is 0 Å². The minimum Gasteiger partial charge on any atom is -0.384 e. The molecule has 0 amide bonds. The molecular weight excluding hydrogens is 214 g/mol. The Morgan fingerprint density at radius 3 is 2.82 bits per heavy atom. The van der Waals surface area contributed by atoms with Crippen molar-refractivity contribution in [1.29, 1.82) is 0 Å². The molecule has 0 radical (unpaired) electrons. The van der Waals surface area contributed by atoms with Gasteiger partial charge in [-0.15, -0.1) is 0 Å². The fraction of sp³-hybridized carbons (Fsp3) is 0.667. The number of aromatic nitrogens is 2. The summed E-state index contributed by atoms with van der Waals surface area (Å²) in [5.41, 5.74) is 5.80. The molecule has 1 aromatic heterocycles. The van der Waals surface area contributed by atoms with E-state index < -0.39 is 0 Å². The molecule has 0 spiro atoms. The predicted octanol–water partition coefficient (Wildman–Crippen LogP) is 1.30. The fourth-order valence-electron chi connectivity index (χ4n) is 2.08. The minimum absolute atomic E-state index is 0.297. The van der Waals surface area contributed by atoms with Crippen LogP contribution in [0.15, 0.2) is 6.07 Å². The van der Waals surface area contributed by atoms with Gasteiger partial charge in [0.05, 0.1) is 0 Å². The van der Waals surface area contributed by atoms with Gasteiger partial charge in [-0.1, -0.05) is 13.8 Å². The molecule has 1 fully saturated rings. The molecule has 2 rings (SSSR count). The number of anilines is 2. The van der Waals surface area contributed by atoms with Gasteiger partial charge < -0.3 is 16.0 Å². The van der Waals surface area contributed by atoms with E-state index in [1.165, 1.54) is 0 Å². The fourth-order valence-corrected chi connectivity index (χ4v) is 2.08. The third-order valence-corrected chi connectivity index (χ3v) is 3.02. The highest BCUT2D eigenvalue weighted by molar-refractivity contribution is 5.45. The maximum absolute atomic E-state index is 5.80. The SMILES string of the molecule is CC(C)c1nc(N)cc(NC2CCN(C)C2)n1. The van der Waals surface area contributed by atoms with Gasteiger partial charge in [0.1, 0.15) is 17.5 Å². The van der Waals surface area contributed by atoms with Gasteiger partial charge in [-0.2, -0.15) is 0 Å². The molecule has 0 aliphatic carbocycles. The van der Waals surface area contributed by atoms with E-state index in [2.05, 4.69) is 41.1 Å². The number of nitrogens with one attached hydrogen (secondary N) is 1. The Morgan fingerprint density at radius 1 is 1.47 bits per heavy atom. The second-order valence-corrected chi connectivity index (χ2v) is 5.08. The molecule has 1 saturated heterocycles. The van der Waals surface area contributed by atoms with Gasteiger partial charge in [0.2, 0.25) is 0 Å².